The van der Waals surface area contributed by atoms with Crippen LogP contribution in [0.4, 0.5) is 0 Å². The predicted octanol–water partition coefficient (Wildman–Crippen LogP) is 3.67. The first-order chi connectivity index (χ1) is 15.4. The summed E-state index contributed by atoms with van der Waals surface area (Å²) in [7, 11) is 2.89. The molecule has 3 rings (SSSR count). The van der Waals surface area contributed by atoms with Crippen LogP contribution in [0.15, 0.2) is 72.0 Å². The number of aliphatic hydroxyl groups is 1. The van der Waals surface area contributed by atoms with Gasteiger partial charge in [0.05, 0.1) is 0 Å². The first-order valence-corrected chi connectivity index (χ1v) is 10.2. The molecule has 0 fully saturated rings. The lowest BCUT2D eigenvalue weighted by atomic mass is 9.89. The van der Waals surface area contributed by atoms with Gasteiger partial charge in [-0.2, -0.15) is 0 Å². The van der Waals surface area contributed by atoms with Crippen LogP contribution in [0.2, 0.25) is 5.02 Å². The van der Waals surface area contributed by atoms with Crippen molar-refractivity contribution >= 4 is 23.2 Å². The van der Waals surface area contributed by atoms with Crippen molar-refractivity contribution in [1.82, 2.24) is 10.3 Å². The van der Waals surface area contributed by atoms with Gasteiger partial charge in [0.1, 0.15) is 24.3 Å². The van der Waals surface area contributed by atoms with E-state index >= 15 is 0 Å². The average Bonchev–Trinajstić information content (AvgIpc) is 2.82. The molecule has 166 valence electrons. The maximum atomic E-state index is 12.2. The highest BCUT2D eigenvalue weighted by Gasteiger charge is 2.27. The molecule has 0 aliphatic heterocycles. The molecule has 0 saturated carbocycles. The summed E-state index contributed by atoms with van der Waals surface area (Å²) in [5.74, 6) is -0.179. The van der Waals surface area contributed by atoms with Gasteiger partial charge in [-0.3, -0.25) is 4.79 Å². The Balaban J connectivity index is 1.83. The number of likely N-dealkylation sites (N-methyl/N-ethyl adjacent to an activating group) is 1. The van der Waals surface area contributed by atoms with Crippen LogP contribution in [-0.2, 0) is 21.8 Å². The van der Waals surface area contributed by atoms with Crippen molar-refractivity contribution in [2.24, 2.45) is 5.16 Å². The molecule has 0 bridgehead atoms. The molecule has 2 aromatic carbocycles. The summed E-state index contributed by atoms with van der Waals surface area (Å²) in [6, 6.07) is 18.1. The molecule has 3 aromatic rings. The van der Waals surface area contributed by atoms with Crippen molar-refractivity contribution in [2.75, 3.05) is 14.2 Å². The van der Waals surface area contributed by atoms with E-state index < -0.39 is 5.60 Å². The van der Waals surface area contributed by atoms with E-state index in [0.29, 0.717) is 16.7 Å². The lowest BCUT2D eigenvalue weighted by molar-refractivity contribution is -0.114. The number of oxime groups is 1. The number of nitrogens with one attached hydrogen (secondary N) is 1. The molecule has 2 N–H and O–H groups in total. The minimum Gasteiger partial charge on any atom is -0.472 e. The fourth-order valence-corrected chi connectivity index (χ4v) is 3.39. The number of pyridine rings is 1. The quantitative estimate of drug-likeness (QED) is 0.401. The van der Waals surface area contributed by atoms with Gasteiger partial charge < -0.3 is 20.0 Å². The van der Waals surface area contributed by atoms with Crippen LogP contribution in [0.5, 0.6) is 5.88 Å². The molecule has 1 atom stereocenters. The van der Waals surface area contributed by atoms with Gasteiger partial charge in [-0.05, 0) is 24.1 Å². The summed E-state index contributed by atoms with van der Waals surface area (Å²) >= 11 is 6.41. The number of hydrogen-bond acceptors (Lipinski definition) is 6. The number of ether oxygens (including phenoxy) is 1. The Morgan fingerprint density at radius 1 is 1.16 bits per heavy atom. The van der Waals surface area contributed by atoms with Crippen LogP contribution in [0.3, 0.4) is 0 Å². The number of carbonyl (C=O) groups excluding carboxylic acids is 1. The fourth-order valence-electron chi connectivity index (χ4n) is 3.17. The van der Waals surface area contributed by atoms with Crippen LogP contribution in [0, 0.1) is 0 Å². The maximum absolute atomic E-state index is 12.2. The van der Waals surface area contributed by atoms with Gasteiger partial charge in [-0.25, -0.2) is 4.98 Å². The van der Waals surface area contributed by atoms with E-state index in [4.69, 9.17) is 21.2 Å². The van der Waals surface area contributed by atoms with E-state index in [1.54, 1.807) is 25.1 Å². The molecule has 0 spiro atoms. The Kier molecular flexibility index (Phi) is 7.45. The van der Waals surface area contributed by atoms with E-state index in [2.05, 4.69) is 15.5 Å². The number of nitrogens with zero attached hydrogens (tertiary/aromatic N) is 2. The molecule has 0 saturated heterocycles. The zero-order valence-corrected chi connectivity index (χ0v) is 18.8. The lowest BCUT2D eigenvalue weighted by Crippen LogP contribution is -2.29. The van der Waals surface area contributed by atoms with Crippen molar-refractivity contribution < 1.29 is 19.5 Å². The number of halogens is 1. The Hall–Kier alpha value is -3.42. The van der Waals surface area contributed by atoms with Crippen LogP contribution < -0.4 is 10.1 Å². The summed E-state index contributed by atoms with van der Waals surface area (Å²) in [4.78, 5) is 21.3. The summed E-state index contributed by atoms with van der Waals surface area (Å²) in [6.07, 6.45) is 1.53. The second kappa shape index (κ2) is 10.3. The zero-order valence-electron chi connectivity index (χ0n) is 18.0. The van der Waals surface area contributed by atoms with E-state index in [1.807, 2.05) is 42.5 Å². The van der Waals surface area contributed by atoms with Gasteiger partial charge in [0.25, 0.3) is 5.91 Å². The van der Waals surface area contributed by atoms with Gasteiger partial charge in [0.15, 0.2) is 5.71 Å². The number of rotatable bonds is 8. The standard InChI is InChI=1S/C24H24ClN3O4/c1-24(30,17-10-5-4-6-11-17)18-13-20(25)23(27-14-18)32-15-16-9-7-8-12-19(16)21(28-31-3)22(29)26-2/h4-14,30H,15H2,1-3H3,(H,26,29)/b28-21-. The Morgan fingerprint density at radius 3 is 2.50 bits per heavy atom. The lowest BCUT2D eigenvalue weighted by Gasteiger charge is -2.24. The summed E-state index contributed by atoms with van der Waals surface area (Å²) < 4.78 is 5.83. The number of hydrogen-bond donors (Lipinski definition) is 2. The summed E-state index contributed by atoms with van der Waals surface area (Å²) in [5, 5.41) is 17.6. The zero-order chi connectivity index (χ0) is 23.1. The summed E-state index contributed by atoms with van der Waals surface area (Å²) in [5.41, 5.74) is 1.39. The largest absolute Gasteiger partial charge is 0.472 e. The van der Waals surface area contributed by atoms with Crippen molar-refractivity contribution in [3.8, 4) is 5.88 Å². The highest BCUT2D eigenvalue weighted by Crippen LogP contribution is 2.33. The van der Waals surface area contributed by atoms with Gasteiger partial charge in [-0.15, -0.1) is 0 Å². The van der Waals surface area contributed by atoms with E-state index in [0.717, 1.165) is 5.56 Å². The first kappa shape index (κ1) is 23.2. The number of amides is 1. The van der Waals surface area contributed by atoms with Gasteiger partial charge >= 0.3 is 0 Å². The molecule has 1 heterocycles. The van der Waals surface area contributed by atoms with E-state index in [1.165, 1.54) is 20.4 Å². The highest BCUT2D eigenvalue weighted by molar-refractivity contribution is 6.45. The predicted molar refractivity (Wildman–Crippen MR) is 123 cm³/mol. The van der Waals surface area contributed by atoms with E-state index in [-0.39, 0.29) is 29.1 Å². The molecular weight excluding hydrogens is 430 g/mol. The molecule has 1 aromatic heterocycles. The molecular formula is C24H24ClN3O4. The van der Waals surface area contributed by atoms with Crippen LogP contribution >= 0.6 is 11.6 Å². The topological polar surface area (TPSA) is 93.0 Å². The van der Waals surface area contributed by atoms with Crippen LogP contribution in [-0.4, -0.2) is 35.9 Å². The van der Waals surface area contributed by atoms with Gasteiger partial charge in [0, 0.05) is 24.4 Å². The first-order valence-electron chi connectivity index (χ1n) is 9.86. The number of aromatic nitrogens is 1. The Bertz CT molecular complexity index is 1120. The molecule has 32 heavy (non-hydrogen) atoms. The fraction of sp³-hybridized carbons (Fsp3) is 0.208. The molecule has 7 nitrogen and oxygen atoms in total. The molecule has 1 amide bonds. The molecule has 0 aliphatic rings. The summed E-state index contributed by atoms with van der Waals surface area (Å²) in [6.45, 7) is 1.78. The third-order valence-electron chi connectivity index (χ3n) is 4.97. The minimum absolute atomic E-state index is 0.0943. The van der Waals surface area contributed by atoms with Crippen molar-refractivity contribution in [3.63, 3.8) is 0 Å². The monoisotopic (exact) mass is 453 g/mol. The second-order valence-electron chi connectivity index (χ2n) is 7.10. The van der Waals surface area contributed by atoms with Crippen LogP contribution in [0.1, 0.15) is 29.2 Å². The normalized spacial score (nSPS) is 13.2. The smallest absolute Gasteiger partial charge is 0.273 e. The molecule has 1 unspecified atom stereocenters. The molecule has 0 radical (unpaired) electrons. The van der Waals surface area contributed by atoms with E-state index in [9.17, 15) is 9.90 Å². The Labute approximate surface area is 191 Å². The SMILES string of the molecule is CNC(=O)/C(=N\OC)c1ccccc1COc1ncc(C(C)(O)c2ccccc2)cc1Cl. The Morgan fingerprint density at radius 2 is 1.84 bits per heavy atom. The van der Waals surface area contributed by atoms with Crippen molar-refractivity contribution in [2.45, 2.75) is 19.1 Å². The molecule has 8 heteroatoms. The number of carbonyl (C=O) groups is 1. The van der Waals surface area contributed by atoms with Crippen molar-refractivity contribution in [3.05, 3.63) is 94.1 Å². The average molecular weight is 454 g/mol. The van der Waals surface area contributed by atoms with Gasteiger partial charge in [0.2, 0.25) is 5.88 Å². The van der Waals surface area contributed by atoms with Gasteiger partial charge in [-0.1, -0.05) is 71.4 Å². The maximum Gasteiger partial charge on any atom is 0.273 e. The van der Waals surface area contributed by atoms with Crippen LogP contribution in [0.25, 0.3) is 0 Å². The highest BCUT2D eigenvalue weighted by atomic mass is 35.5. The van der Waals surface area contributed by atoms with Crippen molar-refractivity contribution in [1.29, 1.82) is 0 Å². The minimum atomic E-state index is -1.26. The number of benzene rings is 2. The second-order valence-corrected chi connectivity index (χ2v) is 7.50. The third kappa shape index (κ3) is 5.07. The third-order valence-corrected chi connectivity index (χ3v) is 5.24. The molecule has 0 aliphatic carbocycles.